The molecule has 100 valence electrons. The molecule has 2 rings (SSSR count). The van der Waals surface area contributed by atoms with Crippen molar-refractivity contribution in [3.8, 4) is 0 Å². The molecule has 3 nitrogen and oxygen atoms in total. The largest absolute Gasteiger partial charge is 0.380 e. The van der Waals surface area contributed by atoms with E-state index in [0.717, 1.165) is 19.6 Å². The molecule has 0 radical (unpaired) electrons. The summed E-state index contributed by atoms with van der Waals surface area (Å²) in [6, 6.07) is 9.35. The van der Waals surface area contributed by atoms with Gasteiger partial charge in [0, 0.05) is 38.5 Å². The molecular weight excluding hydrogens is 224 g/mol. The summed E-state index contributed by atoms with van der Waals surface area (Å²) in [5.74, 6) is 0.663. The first-order chi connectivity index (χ1) is 8.72. The number of rotatable bonds is 4. The molecule has 1 fully saturated rings. The van der Waals surface area contributed by atoms with Crippen molar-refractivity contribution < 1.29 is 4.74 Å². The van der Waals surface area contributed by atoms with Crippen LogP contribution in [0.4, 0.5) is 5.69 Å². The number of nitrogens with zero attached hydrogens (tertiary/aromatic N) is 1. The number of nitrogens with one attached hydrogen (secondary N) is 1. The van der Waals surface area contributed by atoms with Crippen LogP contribution < -0.4 is 10.2 Å². The highest BCUT2D eigenvalue weighted by molar-refractivity contribution is 5.49. The number of benzene rings is 1. The molecule has 1 atom stereocenters. The summed E-state index contributed by atoms with van der Waals surface area (Å²) >= 11 is 0. The standard InChI is InChI=1S/C15H24N2O/c1-12(2)15-10-16-8-9-17(15)14-6-4-13(5-7-14)11-18-3/h4-7,12,15-16H,8-11H2,1-3H3. The maximum absolute atomic E-state index is 5.15. The molecule has 1 aromatic carbocycles. The van der Waals surface area contributed by atoms with E-state index in [4.69, 9.17) is 4.74 Å². The Balaban J connectivity index is 2.12. The zero-order valence-electron chi connectivity index (χ0n) is 11.6. The van der Waals surface area contributed by atoms with E-state index in [2.05, 4.69) is 48.3 Å². The molecule has 1 heterocycles. The lowest BCUT2D eigenvalue weighted by molar-refractivity contribution is 0.185. The lowest BCUT2D eigenvalue weighted by atomic mass is 9.99. The Hall–Kier alpha value is -1.06. The lowest BCUT2D eigenvalue weighted by Crippen LogP contribution is -2.53. The van der Waals surface area contributed by atoms with Gasteiger partial charge < -0.3 is 15.0 Å². The van der Waals surface area contributed by atoms with Crippen LogP contribution in [-0.2, 0) is 11.3 Å². The van der Waals surface area contributed by atoms with Gasteiger partial charge in [0.1, 0.15) is 0 Å². The van der Waals surface area contributed by atoms with Crippen LogP contribution in [0.1, 0.15) is 19.4 Å². The number of piperazine rings is 1. The average molecular weight is 248 g/mol. The van der Waals surface area contributed by atoms with Crippen LogP contribution in [0, 0.1) is 5.92 Å². The maximum Gasteiger partial charge on any atom is 0.0713 e. The van der Waals surface area contributed by atoms with E-state index in [0.29, 0.717) is 18.6 Å². The second-order valence-corrected chi connectivity index (χ2v) is 5.31. The normalized spacial score (nSPS) is 20.4. The first-order valence-corrected chi connectivity index (χ1v) is 6.77. The zero-order chi connectivity index (χ0) is 13.0. The van der Waals surface area contributed by atoms with Gasteiger partial charge in [-0.05, 0) is 23.6 Å². The number of methoxy groups -OCH3 is 1. The van der Waals surface area contributed by atoms with Crippen LogP contribution in [-0.4, -0.2) is 32.8 Å². The van der Waals surface area contributed by atoms with Crippen molar-refractivity contribution in [2.24, 2.45) is 5.92 Å². The van der Waals surface area contributed by atoms with Crippen molar-refractivity contribution in [2.75, 3.05) is 31.6 Å². The molecule has 0 bridgehead atoms. The van der Waals surface area contributed by atoms with Crippen LogP contribution >= 0.6 is 0 Å². The van der Waals surface area contributed by atoms with Crippen LogP contribution in [0.3, 0.4) is 0 Å². The monoisotopic (exact) mass is 248 g/mol. The van der Waals surface area contributed by atoms with E-state index in [9.17, 15) is 0 Å². The molecule has 1 aliphatic rings. The smallest absolute Gasteiger partial charge is 0.0713 e. The van der Waals surface area contributed by atoms with E-state index in [1.54, 1.807) is 7.11 Å². The minimum Gasteiger partial charge on any atom is -0.380 e. The number of hydrogen-bond donors (Lipinski definition) is 1. The molecule has 0 amide bonds. The highest BCUT2D eigenvalue weighted by Crippen LogP contribution is 2.23. The van der Waals surface area contributed by atoms with Crippen molar-refractivity contribution in [3.63, 3.8) is 0 Å². The molecule has 1 unspecified atom stereocenters. The summed E-state index contributed by atoms with van der Waals surface area (Å²) in [6.45, 7) is 8.52. The molecule has 0 spiro atoms. The summed E-state index contributed by atoms with van der Waals surface area (Å²) in [5, 5.41) is 3.49. The maximum atomic E-state index is 5.15. The molecule has 1 saturated heterocycles. The van der Waals surface area contributed by atoms with Crippen molar-refractivity contribution in [2.45, 2.75) is 26.5 Å². The fraction of sp³-hybridized carbons (Fsp3) is 0.600. The van der Waals surface area contributed by atoms with Gasteiger partial charge in [-0.15, -0.1) is 0 Å². The summed E-state index contributed by atoms with van der Waals surface area (Å²) in [6.07, 6.45) is 0. The SMILES string of the molecule is COCc1ccc(N2CCNCC2C(C)C)cc1. The Kier molecular flexibility index (Phi) is 4.61. The van der Waals surface area contributed by atoms with Crippen molar-refractivity contribution in [3.05, 3.63) is 29.8 Å². The molecule has 3 heteroatoms. The fourth-order valence-electron chi connectivity index (χ4n) is 2.59. The van der Waals surface area contributed by atoms with Gasteiger partial charge in [0.15, 0.2) is 0 Å². The van der Waals surface area contributed by atoms with Crippen LogP contribution in [0.25, 0.3) is 0 Å². The van der Waals surface area contributed by atoms with Gasteiger partial charge in [-0.3, -0.25) is 0 Å². The van der Waals surface area contributed by atoms with Crippen LogP contribution in [0.2, 0.25) is 0 Å². The number of ether oxygens (including phenoxy) is 1. The molecule has 0 aromatic heterocycles. The van der Waals surface area contributed by atoms with Gasteiger partial charge in [0.05, 0.1) is 6.61 Å². The molecule has 1 aliphatic heterocycles. The molecule has 1 aromatic rings. The summed E-state index contributed by atoms with van der Waals surface area (Å²) in [7, 11) is 1.74. The second kappa shape index (κ2) is 6.21. The van der Waals surface area contributed by atoms with Gasteiger partial charge in [-0.2, -0.15) is 0 Å². The van der Waals surface area contributed by atoms with E-state index < -0.39 is 0 Å². The third-order valence-corrected chi connectivity index (χ3v) is 3.63. The predicted molar refractivity (Wildman–Crippen MR) is 76.0 cm³/mol. The molecular formula is C15H24N2O. The minimum absolute atomic E-state index is 0.590. The molecule has 0 saturated carbocycles. The Bertz CT molecular complexity index is 361. The van der Waals surface area contributed by atoms with Crippen LogP contribution in [0.15, 0.2) is 24.3 Å². The van der Waals surface area contributed by atoms with Gasteiger partial charge in [-0.25, -0.2) is 0 Å². The number of hydrogen-bond acceptors (Lipinski definition) is 3. The predicted octanol–water partition coefficient (Wildman–Crippen LogP) is 2.27. The van der Waals surface area contributed by atoms with E-state index in [1.807, 2.05) is 0 Å². The van der Waals surface area contributed by atoms with Crippen molar-refractivity contribution in [1.29, 1.82) is 0 Å². The Morgan fingerprint density at radius 2 is 2.06 bits per heavy atom. The highest BCUT2D eigenvalue weighted by Gasteiger charge is 2.24. The van der Waals surface area contributed by atoms with E-state index >= 15 is 0 Å². The third kappa shape index (κ3) is 3.03. The average Bonchev–Trinajstić information content (AvgIpc) is 2.40. The molecule has 18 heavy (non-hydrogen) atoms. The zero-order valence-corrected chi connectivity index (χ0v) is 11.6. The second-order valence-electron chi connectivity index (χ2n) is 5.31. The first-order valence-electron chi connectivity index (χ1n) is 6.77. The molecule has 1 N–H and O–H groups in total. The van der Waals surface area contributed by atoms with Crippen LogP contribution in [0.5, 0.6) is 0 Å². The fourth-order valence-corrected chi connectivity index (χ4v) is 2.59. The highest BCUT2D eigenvalue weighted by atomic mass is 16.5. The van der Waals surface area contributed by atoms with Gasteiger partial charge >= 0.3 is 0 Å². The summed E-state index contributed by atoms with van der Waals surface area (Å²) < 4.78 is 5.15. The lowest BCUT2D eigenvalue weighted by Gasteiger charge is -2.40. The van der Waals surface area contributed by atoms with Gasteiger partial charge in [0.25, 0.3) is 0 Å². The van der Waals surface area contributed by atoms with Gasteiger partial charge in [-0.1, -0.05) is 26.0 Å². The number of anilines is 1. The minimum atomic E-state index is 0.590. The van der Waals surface area contributed by atoms with E-state index in [-0.39, 0.29) is 0 Å². The van der Waals surface area contributed by atoms with Gasteiger partial charge in [0.2, 0.25) is 0 Å². The Morgan fingerprint density at radius 1 is 1.33 bits per heavy atom. The van der Waals surface area contributed by atoms with Crippen molar-refractivity contribution in [1.82, 2.24) is 5.32 Å². The van der Waals surface area contributed by atoms with E-state index in [1.165, 1.54) is 11.3 Å². The Morgan fingerprint density at radius 3 is 2.67 bits per heavy atom. The molecule has 0 aliphatic carbocycles. The topological polar surface area (TPSA) is 24.5 Å². The quantitative estimate of drug-likeness (QED) is 0.884. The van der Waals surface area contributed by atoms with Crippen molar-refractivity contribution >= 4 is 5.69 Å². The first kappa shape index (κ1) is 13.4. The summed E-state index contributed by atoms with van der Waals surface area (Å²) in [5.41, 5.74) is 2.56. The third-order valence-electron chi connectivity index (χ3n) is 3.63. The summed E-state index contributed by atoms with van der Waals surface area (Å²) in [4.78, 5) is 2.53. The Labute approximate surface area is 110 Å².